The van der Waals surface area contributed by atoms with Gasteiger partial charge in [0.2, 0.25) is 0 Å². The van der Waals surface area contributed by atoms with Crippen LogP contribution in [0.5, 0.6) is 5.75 Å². The first-order valence-electron chi connectivity index (χ1n) is 8.42. The van der Waals surface area contributed by atoms with Gasteiger partial charge in [-0.2, -0.15) is 0 Å². The van der Waals surface area contributed by atoms with Gasteiger partial charge in [0.15, 0.2) is 0 Å². The molecule has 1 heterocycles. The molecule has 1 aromatic rings. The van der Waals surface area contributed by atoms with Gasteiger partial charge in [-0.15, -0.1) is 13.2 Å². The molecule has 1 aromatic carbocycles. The summed E-state index contributed by atoms with van der Waals surface area (Å²) in [5.41, 5.74) is 0.356. The molecule has 2 rings (SSSR count). The molecule has 1 saturated heterocycles. The number of benzene rings is 1. The highest BCUT2D eigenvalue weighted by Gasteiger charge is 2.36. The summed E-state index contributed by atoms with van der Waals surface area (Å²) in [4.78, 5) is 24.0. The number of hydrogen-bond acceptors (Lipinski definition) is 3. The van der Waals surface area contributed by atoms with E-state index in [1.165, 1.54) is 12.1 Å². The lowest BCUT2D eigenvalue weighted by Gasteiger charge is -2.38. The van der Waals surface area contributed by atoms with Crippen LogP contribution in [0.2, 0.25) is 0 Å². The van der Waals surface area contributed by atoms with E-state index in [1.54, 1.807) is 0 Å². The number of halogens is 3. The molecule has 3 amide bonds. The molecule has 0 bridgehead atoms. The molecule has 0 aromatic heterocycles. The maximum absolute atomic E-state index is 12.1. The average molecular weight is 374 g/mol. The Kier molecular flexibility index (Phi) is 6.12. The molecule has 1 fully saturated rings. The Balaban J connectivity index is 1.81. The van der Waals surface area contributed by atoms with Crippen LogP contribution in [0.25, 0.3) is 0 Å². The first kappa shape index (κ1) is 20.0. The van der Waals surface area contributed by atoms with E-state index in [1.807, 2.05) is 14.0 Å². The zero-order valence-electron chi connectivity index (χ0n) is 14.7. The third-order valence-electron chi connectivity index (χ3n) is 4.53. The van der Waals surface area contributed by atoms with Gasteiger partial charge in [-0.1, -0.05) is 6.92 Å². The summed E-state index contributed by atoms with van der Waals surface area (Å²) in [6.07, 6.45) is -2.88. The molecule has 0 radical (unpaired) electrons. The predicted octanol–water partition coefficient (Wildman–Crippen LogP) is 3.25. The molecule has 0 spiro atoms. The van der Waals surface area contributed by atoms with E-state index < -0.39 is 12.4 Å². The molecule has 0 saturated carbocycles. The number of carbonyl (C=O) groups is 2. The molecule has 6 nitrogen and oxygen atoms in total. The molecule has 1 aliphatic heterocycles. The third-order valence-corrected chi connectivity index (χ3v) is 4.53. The number of amides is 3. The molecular weight excluding hydrogens is 351 g/mol. The molecule has 1 aliphatic rings. The van der Waals surface area contributed by atoms with E-state index >= 15 is 0 Å². The van der Waals surface area contributed by atoms with Crippen LogP contribution in [0.4, 0.5) is 23.7 Å². The Bertz CT molecular complexity index is 639. The smallest absolute Gasteiger partial charge is 0.406 e. The molecule has 144 valence electrons. The van der Waals surface area contributed by atoms with Crippen molar-refractivity contribution in [1.29, 1.82) is 0 Å². The third kappa shape index (κ3) is 5.62. The predicted molar refractivity (Wildman–Crippen MR) is 89.5 cm³/mol. The van der Waals surface area contributed by atoms with Crippen LogP contribution in [0, 0.1) is 0 Å². The normalized spacial score (nSPS) is 23.2. The molecular formula is C17H23F3N3O3+. The number of likely N-dealkylation sites (tertiary alicyclic amines) is 1. The molecule has 9 heteroatoms. The molecule has 0 aliphatic carbocycles. The van der Waals surface area contributed by atoms with E-state index in [-0.39, 0.29) is 17.7 Å². The van der Waals surface area contributed by atoms with E-state index in [2.05, 4.69) is 15.4 Å². The minimum Gasteiger partial charge on any atom is -0.406 e. The Morgan fingerprint density at radius 3 is 2.27 bits per heavy atom. The molecule has 2 N–H and O–H groups in total. The van der Waals surface area contributed by atoms with Gasteiger partial charge in [-0.05, 0) is 24.3 Å². The van der Waals surface area contributed by atoms with Gasteiger partial charge in [0, 0.05) is 24.6 Å². The van der Waals surface area contributed by atoms with Gasteiger partial charge in [0.05, 0.1) is 26.6 Å². The highest BCUT2D eigenvalue weighted by Crippen LogP contribution is 2.24. The van der Waals surface area contributed by atoms with Gasteiger partial charge in [0.1, 0.15) is 5.75 Å². The van der Waals surface area contributed by atoms with Crippen LogP contribution in [0.3, 0.4) is 0 Å². The van der Waals surface area contributed by atoms with E-state index in [9.17, 15) is 22.8 Å². The first-order chi connectivity index (χ1) is 12.1. The van der Waals surface area contributed by atoms with Crippen molar-refractivity contribution in [1.82, 2.24) is 5.32 Å². The molecule has 0 atom stereocenters. The number of carbonyl (C=O) groups excluding carboxylic acids is 2. The highest BCUT2D eigenvalue weighted by molar-refractivity contribution is 5.89. The largest absolute Gasteiger partial charge is 0.573 e. The summed E-state index contributed by atoms with van der Waals surface area (Å²) in [6, 6.07) is 4.44. The average Bonchev–Trinajstić information content (AvgIpc) is 2.57. The van der Waals surface area contributed by atoms with Gasteiger partial charge in [-0.25, -0.2) is 9.59 Å². The number of urea groups is 1. The summed E-state index contributed by atoms with van der Waals surface area (Å²) >= 11 is 0. The topological polar surface area (TPSA) is 67.4 Å². The van der Waals surface area contributed by atoms with Gasteiger partial charge in [-0.3, -0.25) is 4.48 Å². The molecule has 0 unspecified atom stereocenters. The summed E-state index contributed by atoms with van der Waals surface area (Å²) in [5.74, 6) is -0.164. The van der Waals surface area contributed by atoms with Crippen LogP contribution in [0.15, 0.2) is 24.3 Å². The van der Waals surface area contributed by atoms with Crippen molar-refractivity contribution in [2.24, 2.45) is 0 Å². The number of nitrogens with zero attached hydrogens (tertiary/aromatic N) is 1. The van der Waals surface area contributed by atoms with Gasteiger partial charge in [0.25, 0.3) is 0 Å². The summed E-state index contributed by atoms with van der Waals surface area (Å²) in [7, 11) is 1.91. The van der Waals surface area contributed by atoms with Crippen LogP contribution < -0.4 is 15.4 Å². The second-order valence-corrected chi connectivity index (χ2v) is 6.54. The number of rotatable bonds is 4. The monoisotopic (exact) mass is 374 g/mol. The highest BCUT2D eigenvalue weighted by atomic mass is 19.4. The second-order valence-electron chi connectivity index (χ2n) is 6.54. The Labute approximate surface area is 149 Å². The SMILES string of the molecule is CCC(=O)[N+]1(C)CCC(NC(=O)Nc2ccc(OC(F)(F)F)cc2)CC1. The van der Waals surface area contributed by atoms with E-state index in [0.717, 1.165) is 12.1 Å². The van der Waals surface area contributed by atoms with Gasteiger partial charge >= 0.3 is 18.3 Å². The lowest BCUT2D eigenvalue weighted by molar-refractivity contribution is -0.840. The lowest BCUT2D eigenvalue weighted by atomic mass is 10.0. The zero-order valence-corrected chi connectivity index (χ0v) is 14.7. The van der Waals surface area contributed by atoms with Crippen molar-refractivity contribution >= 4 is 17.6 Å². The van der Waals surface area contributed by atoms with Crippen molar-refractivity contribution in [2.75, 3.05) is 25.5 Å². The van der Waals surface area contributed by atoms with Crippen molar-refractivity contribution in [3.8, 4) is 5.75 Å². The van der Waals surface area contributed by atoms with Crippen LogP contribution in [-0.2, 0) is 4.79 Å². The lowest BCUT2D eigenvalue weighted by Crippen LogP contribution is -2.57. The Hall–Kier alpha value is -2.29. The van der Waals surface area contributed by atoms with Crippen LogP contribution in [0.1, 0.15) is 26.2 Å². The first-order valence-corrected chi connectivity index (χ1v) is 8.42. The van der Waals surface area contributed by atoms with Crippen LogP contribution >= 0.6 is 0 Å². The fraction of sp³-hybridized carbons (Fsp3) is 0.529. The van der Waals surface area contributed by atoms with E-state index in [4.69, 9.17) is 0 Å². The van der Waals surface area contributed by atoms with E-state index in [0.29, 0.717) is 42.5 Å². The minimum absolute atomic E-state index is 0.0429. The summed E-state index contributed by atoms with van der Waals surface area (Å²) < 4.78 is 40.5. The van der Waals surface area contributed by atoms with Crippen molar-refractivity contribution < 1.29 is 32.0 Å². The van der Waals surface area contributed by atoms with Gasteiger partial charge < -0.3 is 15.4 Å². The molecule has 26 heavy (non-hydrogen) atoms. The second kappa shape index (κ2) is 7.94. The minimum atomic E-state index is -4.75. The Morgan fingerprint density at radius 1 is 1.19 bits per heavy atom. The fourth-order valence-corrected chi connectivity index (χ4v) is 3.01. The standard InChI is InChI=1S/C17H22F3N3O3/c1-3-15(24)23(2)10-8-13(9-11-23)22-16(25)21-12-4-6-14(7-5-12)26-17(18,19)20/h4-7,13H,3,8-11H2,1-2H3,(H-,21,22,25)/p+1. The number of nitrogens with one attached hydrogen (secondary N) is 2. The number of ether oxygens (including phenoxy) is 1. The maximum atomic E-state index is 12.1. The van der Waals surface area contributed by atoms with Crippen LogP contribution in [-0.4, -0.2) is 49.0 Å². The van der Waals surface area contributed by atoms with Crippen molar-refractivity contribution in [3.05, 3.63) is 24.3 Å². The van der Waals surface area contributed by atoms with Crippen molar-refractivity contribution in [2.45, 2.75) is 38.6 Å². The maximum Gasteiger partial charge on any atom is 0.573 e. The number of hydrogen-bond donors (Lipinski definition) is 2. The number of piperidine rings is 1. The number of quaternary nitrogens is 1. The zero-order chi connectivity index (χ0) is 19.4. The Morgan fingerprint density at radius 2 is 1.77 bits per heavy atom. The number of alkyl halides is 3. The summed E-state index contributed by atoms with van der Waals surface area (Å²) in [6.45, 7) is 3.18. The van der Waals surface area contributed by atoms with Crippen molar-refractivity contribution in [3.63, 3.8) is 0 Å². The number of anilines is 1. The quantitative estimate of drug-likeness (QED) is 0.795. The summed E-state index contributed by atoms with van der Waals surface area (Å²) in [5, 5.41) is 5.41. The fourth-order valence-electron chi connectivity index (χ4n) is 3.01.